The van der Waals surface area contributed by atoms with Crippen molar-refractivity contribution in [3.05, 3.63) is 54.2 Å². The van der Waals surface area contributed by atoms with Gasteiger partial charge in [0.25, 0.3) is 0 Å². The Morgan fingerprint density at radius 2 is 2.17 bits per heavy atom. The van der Waals surface area contributed by atoms with Crippen LogP contribution in [0.4, 0.5) is 0 Å². The Kier molecular flexibility index (Phi) is 4.07. The van der Waals surface area contributed by atoms with Gasteiger partial charge in [0, 0.05) is 18.1 Å². The van der Waals surface area contributed by atoms with Crippen molar-refractivity contribution in [2.75, 3.05) is 6.54 Å². The number of hydrogen-bond donors (Lipinski definition) is 1. The number of rotatable bonds is 4. The summed E-state index contributed by atoms with van der Waals surface area (Å²) in [6, 6.07) is 10.1. The van der Waals surface area contributed by atoms with E-state index in [1.807, 2.05) is 31.2 Å². The third-order valence-electron chi connectivity index (χ3n) is 2.73. The monoisotopic (exact) mass is 240 g/mol. The second kappa shape index (κ2) is 5.96. The number of allylic oxidation sites excluding steroid dienone is 1. The van der Waals surface area contributed by atoms with Crippen molar-refractivity contribution >= 4 is 16.8 Å². The molecule has 1 N–H and O–H groups in total. The second-order valence-electron chi connectivity index (χ2n) is 4.03. The van der Waals surface area contributed by atoms with Crippen molar-refractivity contribution in [2.24, 2.45) is 0 Å². The van der Waals surface area contributed by atoms with Crippen molar-refractivity contribution in [1.82, 2.24) is 10.3 Å². The van der Waals surface area contributed by atoms with Gasteiger partial charge in [0.1, 0.15) is 0 Å². The summed E-state index contributed by atoms with van der Waals surface area (Å²) < 4.78 is 0. The van der Waals surface area contributed by atoms with Gasteiger partial charge in [-0.25, -0.2) is 0 Å². The third kappa shape index (κ3) is 2.94. The number of benzene rings is 1. The Bertz CT molecular complexity index is 570. The molecule has 0 aliphatic carbocycles. The number of aromatic nitrogens is 1. The van der Waals surface area contributed by atoms with Crippen LogP contribution >= 0.6 is 0 Å². The minimum absolute atomic E-state index is 0.0503. The number of pyridine rings is 1. The quantitative estimate of drug-likeness (QED) is 0.834. The van der Waals surface area contributed by atoms with E-state index < -0.39 is 0 Å². The molecule has 18 heavy (non-hydrogen) atoms. The zero-order valence-electron chi connectivity index (χ0n) is 10.4. The molecule has 3 nitrogen and oxygen atoms in total. The maximum atomic E-state index is 11.3. The van der Waals surface area contributed by atoms with Gasteiger partial charge in [-0.3, -0.25) is 9.78 Å². The summed E-state index contributed by atoms with van der Waals surface area (Å²) in [6.07, 6.45) is 5.85. The topological polar surface area (TPSA) is 42.0 Å². The molecule has 0 saturated heterocycles. The van der Waals surface area contributed by atoms with Crippen molar-refractivity contribution in [3.63, 3.8) is 0 Å². The molecule has 0 saturated carbocycles. The lowest BCUT2D eigenvalue weighted by molar-refractivity contribution is -0.116. The maximum Gasteiger partial charge on any atom is 0.243 e. The maximum absolute atomic E-state index is 11.3. The Morgan fingerprint density at radius 1 is 1.33 bits per heavy atom. The lowest BCUT2D eigenvalue weighted by atomic mass is 10.1. The van der Waals surface area contributed by atoms with E-state index in [1.54, 1.807) is 12.3 Å². The zero-order valence-corrected chi connectivity index (χ0v) is 10.4. The summed E-state index contributed by atoms with van der Waals surface area (Å²) in [6.45, 7) is 2.45. The molecule has 0 aliphatic rings. The van der Waals surface area contributed by atoms with Crippen LogP contribution in [0, 0.1) is 0 Å². The fourth-order valence-electron chi connectivity index (χ4n) is 1.90. The molecule has 2 rings (SSSR count). The van der Waals surface area contributed by atoms with E-state index in [2.05, 4.69) is 16.4 Å². The van der Waals surface area contributed by atoms with Crippen LogP contribution in [-0.2, 0) is 11.2 Å². The first-order valence-electron chi connectivity index (χ1n) is 6.04. The van der Waals surface area contributed by atoms with Crippen LogP contribution < -0.4 is 5.32 Å². The smallest absolute Gasteiger partial charge is 0.243 e. The van der Waals surface area contributed by atoms with Crippen molar-refractivity contribution in [3.8, 4) is 0 Å². The molecule has 92 valence electrons. The van der Waals surface area contributed by atoms with E-state index in [9.17, 15) is 4.79 Å². The fourth-order valence-corrected chi connectivity index (χ4v) is 1.90. The van der Waals surface area contributed by atoms with Gasteiger partial charge >= 0.3 is 0 Å². The first-order chi connectivity index (χ1) is 8.81. The van der Waals surface area contributed by atoms with Gasteiger partial charge in [0.15, 0.2) is 0 Å². The average molecular weight is 240 g/mol. The van der Waals surface area contributed by atoms with Gasteiger partial charge in [0.05, 0.1) is 5.52 Å². The summed E-state index contributed by atoms with van der Waals surface area (Å²) >= 11 is 0. The third-order valence-corrected chi connectivity index (χ3v) is 2.73. The first-order valence-corrected chi connectivity index (χ1v) is 6.04. The molecule has 0 bridgehead atoms. The summed E-state index contributed by atoms with van der Waals surface area (Å²) in [5, 5.41) is 3.98. The standard InChI is InChI=1S/C15H16N2O/c1-2-5-14(18)16-11-9-13-7-3-6-12-8-4-10-17-15(12)13/h2-8,10H,9,11H2,1H3,(H,16,18)/b5-2+. The number of hydrogen-bond acceptors (Lipinski definition) is 2. The van der Waals surface area contributed by atoms with Crippen LogP contribution in [0.1, 0.15) is 12.5 Å². The number of carbonyl (C=O) groups excluding carboxylic acids is 1. The molecule has 1 aromatic heterocycles. The number of nitrogens with zero attached hydrogens (tertiary/aromatic N) is 1. The van der Waals surface area contributed by atoms with Gasteiger partial charge in [-0.05, 0) is 31.1 Å². The molecule has 0 spiro atoms. The Labute approximate surface area is 107 Å². The van der Waals surface area contributed by atoms with E-state index in [-0.39, 0.29) is 5.91 Å². The first kappa shape index (κ1) is 12.3. The zero-order chi connectivity index (χ0) is 12.8. The molecule has 1 amide bonds. The Morgan fingerprint density at radius 3 is 3.00 bits per heavy atom. The predicted octanol–water partition coefficient (Wildman–Crippen LogP) is 2.47. The molecule has 2 aromatic rings. The van der Waals surface area contributed by atoms with Crippen LogP contribution in [-0.4, -0.2) is 17.4 Å². The minimum Gasteiger partial charge on any atom is -0.352 e. The van der Waals surface area contributed by atoms with Crippen LogP contribution in [0.5, 0.6) is 0 Å². The molecule has 3 heteroatoms. The molecular weight excluding hydrogens is 224 g/mol. The van der Waals surface area contributed by atoms with E-state index >= 15 is 0 Å². The van der Waals surface area contributed by atoms with Gasteiger partial charge in [-0.1, -0.05) is 30.3 Å². The Hall–Kier alpha value is -2.16. The predicted molar refractivity (Wildman–Crippen MR) is 73.3 cm³/mol. The highest BCUT2D eigenvalue weighted by atomic mass is 16.1. The number of para-hydroxylation sites is 1. The molecule has 1 heterocycles. The highest BCUT2D eigenvalue weighted by Crippen LogP contribution is 2.15. The number of amides is 1. The minimum atomic E-state index is -0.0503. The average Bonchev–Trinajstić information content (AvgIpc) is 2.39. The number of nitrogens with one attached hydrogen (secondary N) is 1. The second-order valence-corrected chi connectivity index (χ2v) is 4.03. The molecule has 0 fully saturated rings. The van der Waals surface area contributed by atoms with Crippen LogP contribution in [0.3, 0.4) is 0 Å². The molecule has 0 atom stereocenters. The van der Waals surface area contributed by atoms with E-state index in [4.69, 9.17) is 0 Å². The molecule has 1 aromatic carbocycles. The largest absolute Gasteiger partial charge is 0.352 e. The van der Waals surface area contributed by atoms with Gasteiger partial charge in [-0.2, -0.15) is 0 Å². The summed E-state index contributed by atoms with van der Waals surface area (Å²) in [5.41, 5.74) is 2.18. The van der Waals surface area contributed by atoms with E-state index in [1.165, 1.54) is 6.08 Å². The summed E-state index contributed by atoms with van der Waals surface area (Å²) in [4.78, 5) is 15.7. The summed E-state index contributed by atoms with van der Waals surface area (Å²) in [5.74, 6) is -0.0503. The lowest BCUT2D eigenvalue weighted by Crippen LogP contribution is -2.23. The van der Waals surface area contributed by atoms with Crippen LogP contribution in [0.25, 0.3) is 10.9 Å². The van der Waals surface area contributed by atoms with Gasteiger partial charge in [-0.15, -0.1) is 0 Å². The van der Waals surface area contributed by atoms with Crippen molar-refractivity contribution in [2.45, 2.75) is 13.3 Å². The van der Waals surface area contributed by atoms with Crippen molar-refractivity contribution < 1.29 is 4.79 Å². The number of fused-ring (bicyclic) bond motifs is 1. The normalized spacial score (nSPS) is 10.9. The highest BCUT2D eigenvalue weighted by Gasteiger charge is 2.02. The van der Waals surface area contributed by atoms with Crippen molar-refractivity contribution in [1.29, 1.82) is 0 Å². The van der Waals surface area contributed by atoms with Crippen LogP contribution in [0.2, 0.25) is 0 Å². The molecule has 0 aliphatic heterocycles. The molecule has 0 radical (unpaired) electrons. The van der Waals surface area contributed by atoms with Gasteiger partial charge < -0.3 is 5.32 Å². The molecular formula is C15H16N2O. The highest BCUT2D eigenvalue weighted by molar-refractivity contribution is 5.87. The lowest BCUT2D eigenvalue weighted by Gasteiger charge is -2.06. The SMILES string of the molecule is C/C=C/C(=O)NCCc1cccc2cccnc12. The Balaban J connectivity index is 2.06. The van der Waals surface area contributed by atoms with E-state index in [0.29, 0.717) is 6.54 Å². The number of carbonyl (C=O) groups is 1. The molecule has 0 unspecified atom stereocenters. The van der Waals surface area contributed by atoms with E-state index in [0.717, 1.165) is 22.9 Å². The van der Waals surface area contributed by atoms with Gasteiger partial charge in [0.2, 0.25) is 5.91 Å². The fraction of sp³-hybridized carbons (Fsp3) is 0.200. The van der Waals surface area contributed by atoms with Crippen LogP contribution in [0.15, 0.2) is 48.7 Å². The summed E-state index contributed by atoms with van der Waals surface area (Å²) in [7, 11) is 0.